The van der Waals surface area contributed by atoms with Gasteiger partial charge in [0.15, 0.2) is 6.61 Å². The molecule has 3 N–H and O–H groups in total. The van der Waals surface area contributed by atoms with Gasteiger partial charge >= 0.3 is 5.97 Å². The minimum absolute atomic E-state index is 0.104. The van der Waals surface area contributed by atoms with Crippen LogP contribution in [-0.4, -0.2) is 38.7 Å². The topological polar surface area (TPSA) is 153 Å². The predicted octanol–water partition coefficient (Wildman–Crippen LogP) is 0.783. The normalized spacial score (nSPS) is 14.0. The fraction of sp³-hybridized carbons (Fsp3) is 0.158. The van der Waals surface area contributed by atoms with E-state index in [2.05, 4.69) is 5.32 Å². The number of sulfonamides is 1. The van der Waals surface area contributed by atoms with Gasteiger partial charge in [-0.05, 0) is 48.5 Å². The monoisotopic (exact) mass is 431 g/mol. The smallest absolute Gasteiger partial charge is 0.338 e. The van der Waals surface area contributed by atoms with Crippen LogP contribution < -0.4 is 15.4 Å². The number of primary sulfonamides is 1. The highest BCUT2D eigenvalue weighted by molar-refractivity contribution is 7.89. The van der Waals surface area contributed by atoms with Crippen molar-refractivity contribution in [3.05, 3.63) is 54.1 Å². The van der Waals surface area contributed by atoms with Gasteiger partial charge in [0.05, 0.1) is 16.1 Å². The first kappa shape index (κ1) is 21.1. The van der Waals surface area contributed by atoms with Crippen LogP contribution in [0.5, 0.6) is 0 Å². The number of hydrogen-bond acceptors (Lipinski definition) is 7. The molecule has 3 amide bonds. The predicted molar refractivity (Wildman–Crippen MR) is 105 cm³/mol. The lowest BCUT2D eigenvalue weighted by atomic mass is 10.2. The Morgan fingerprint density at radius 1 is 0.967 bits per heavy atom. The highest BCUT2D eigenvalue weighted by Gasteiger charge is 2.30. The first-order valence-electron chi connectivity index (χ1n) is 8.71. The van der Waals surface area contributed by atoms with Crippen LogP contribution in [0, 0.1) is 0 Å². The average molecular weight is 431 g/mol. The fourth-order valence-electron chi connectivity index (χ4n) is 2.75. The lowest BCUT2D eigenvalue weighted by Crippen LogP contribution is -2.28. The molecule has 1 saturated heterocycles. The van der Waals surface area contributed by atoms with Gasteiger partial charge in [-0.2, -0.15) is 0 Å². The van der Waals surface area contributed by atoms with Crippen LogP contribution in [-0.2, 0) is 29.1 Å². The lowest BCUT2D eigenvalue weighted by Gasteiger charge is -2.14. The Morgan fingerprint density at radius 2 is 1.53 bits per heavy atom. The molecule has 0 radical (unpaired) electrons. The summed E-state index contributed by atoms with van der Waals surface area (Å²) in [6.07, 6.45) is 0.311. The number of nitrogens with zero attached hydrogens (tertiary/aromatic N) is 1. The largest absolute Gasteiger partial charge is 0.452 e. The van der Waals surface area contributed by atoms with Gasteiger partial charge in [-0.3, -0.25) is 19.3 Å². The molecule has 1 fully saturated rings. The Labute approximate surface area is 171 Å². The number of ether oxygens (including phenoxy) is 1. The number of hydrogen-bond donors (Lipinski definition) is 2. The summed E-state index contributed by atoms with van der Waals surface area (Å²) in [6, 6.07) is 10.8. The fourth-order valence-corrected chi connectivity index (χ4v) is 3.27. The van der Waals surface area contributed by atoms with Crippen molar-refractivity contribution >= 4 is 45.1 Å². The summed E-state index contributed by atoms with van der Waals surface area (Å²) in [5.74, 6) is -2.00. The van der Waals surface area contributed by atoms with Gasteiger partial charge in [-0.15, -0.1) is 0 Å². The van der Waals surface area contributed by atoms with Crippen LogP contribution in [0.3, 0.4) is 0 Å². The van der Waals surface area contributed by atoms with Crippen LogP contribution in [0.2, 0.25) is 0 Å². The first-order chi connectivity index (χ1) is 14.1. The molecule has 156 valence electrons. The molecule has 1 aliphatic rings. The number of anilines is 2. The number of carbonyl (C=O) groups excluding carboxylic acids is 4. The van der Waals surface area contributed by atoms with E-state index in [1.54, 1.807) is 0 Å². The van der Waals surface area contributed by atoms with Crippen LogP contribution >= 0.6 is 0 Å². The molecule has 3 rings (SSSR count). The summed E-state index contributed by atoms with van der Waals surface area (Å²) in [5.41, 5.74) is 0.802. The molecule has 0 bridgehead atoms. The molecule has 30 heavy (non-hydrogen) atoms. The third kappa shape index (κ3) is 4.88. The first-order valence-corrected chi connectivity index (χ1v) is 10.3. The van der Waals surface area contributed by atoms with Crippen molar-refractivity contribution < 1.29 is 32.3 Å². The Bertz CT molecular complexity index is 1090. The van der Waals surface area contributed by atoms with E-state index < -0.39 is 28.5 Å². The standard InChI is InChI=1S/C19H17N3O7S/c20-30(27,28)15-7-3-13(4-8-15)21-16(23)11-29-19(26)12-1-5-14(6-2-12)22-17(24)9-10-18(22)25/h1-8H,9-11H2,(H,21,23)(H2,20,27,28). The molecule has 10 nitrogen and oxygen atoms in total. The Hall–Kier alpha value is -3.57. The van der Waals surface area contributed by atoms with E-state index in [0.717, 1.165) is 4.90 Å². The molecule has 11 heteroatoms. The van der Waals surface area contributed by atoms with Crippen molar-refractivity contribution in [3.8, 4) is 0 Å². The summed E-state index contributed by atoms with van der Waals surface area (Å²) in [6.45, 7) is -0.569. The molecule has 2 aromatic carbocycles. The average Bonchev–Trinajstić information content (AvgIpc) is 3.04. The number of nitrogens with one attached hydrogen (secondary N) is 1. The second-order valence-electron chi connectivity index (χ2n) is 6.36. The number of imide groups is 1. The summed E-state index contributed by atoms with van der Waals surface area (Å²) < 4.78 is 27.3. The van der Waals surface area contributed by atoms with Crippen LogP contribution in [0.4, 0.5) is 11.4 Å². The minimum atomic E-state index is -3.84. The molecule has 2 aromatic rings. The van der Waals surface area contributed by atoms with Crippen molar-refractivity contribution in [2.45, 2.75) is 17.7 Å². The molecule has 0 atom stereocenters. The summed E-state index contributed by atoms with van der Waals surface area (Å²) in [5, 5.41) is 7.44. The number of esters is 1. The van der Waals surface area contributed by atoms with Crippen LogP contribution in [0.1, 0.15) is 23.2 Å². The lowest BCUT2D eigenvalue weighted by molar-refractivity contribution is -0.121. The Balaban J connectivity index is 1.54. The molecule has 1 aliphatic heterocycles. The second-order valence-corrected chi connectivity index (χ2v) is 7.92. The van der Waals surface area contributed by atoms with Crippen molar-refractivity contribution in [1.29, 1.82) is 0 Å². The number of benzene rings is 2. The highest BCUT2D eigenvalue weighted by Crippen LogP contribution is 2.23. The van der Waals surface area contributed by atoms with Gasteiger partial charge in [-0.1, -0.05) is 0 Å². The van der Waals surface area contributed by atoms with Gasteiger partial charge < -0.3 is 10.1 Å². The van der Waals surface area contributed by atoms with E-state index in [4.69, 9.17) is 9.88 Å². The summed E-state index contributed by atoms with van der Waals surface area (Å²) in [7, 11) is -3.84. The number of carbonyl (C=O) groups is 4. The van der Waals surface area contributed by atoms with Gasteiger partial charge in [0, 0.05) is 18.5 Å². The molecule has 0 spiro atoms. The summed E-state index contributed by atoms with van der Waals surface area (Å²) >= 11 is 0. The van der Waals surface area contributed by atoms with Crippen molar-refractivity contribution in [2.24, 2.45) is 5.14 Å². The van der Waals surface area contributed by atoms with Crippen molar-refractivity contribution in [2.75, 3.05) is 16.8 Å². The van der Waals surface area contributed by atoms with Gasteiger partial charge in [-0.25, -0.2) is 18.4 Å². The molecule has 1 heterocycles. The molecule has 0 saturated carbocycles. The van der Waals surface area contributed by atoms with Gasteiger partial charge in [0.25, 0.3) is 5.91 Å². The van der Waals surface area contributed by atoms with Crippen LogP contribution in [0.15, 0.2) is 53.4 Å². The van der Waals surface area contributed by atoms with Gasteiger partial charge in [0.2, 0.25) is 21.8 Å². The molecular weight excluding hydrogens is 414 g/mol. The zero-order chi connectivity index (χ0) is 21.9. The number of nitrogens with two attached hydrogens (primary N) is 1. The van der Waals surface area contributed by atoms with E-state index in [-0.39, 0.29) is 35.1 Å². The Morgan fingerprint density at radius 3 is 2.07 bits per heavy atom. The van der Waals surface area contributed by atoms with E-state index in [1.807, 2.05) is 0 Å². The van der Waals surface area contributed by atoms with E-state index in [0.29, 0.717) is 11.4 Å². The van der Waals surface area contributed by atoms with E-state index in [1.165, 1.54) is 48.5 Å². The second kappa shape index (κ2) is 8.43. The van der Waals surface area contributed by atoms with Gasteiger partial charge in [0.1, 0.15) is 0 Å². The van der Waals surface area contributed by atoms with Crippen LogP contribution in [0.25, 0.3) is 0 Å². The van der Waals surface area contributed by atoms with E-state index >= 15 is 0 Å². The third-order valence-electron chi connectivity index (χ3n) is 4.21. The molecule has 0 aliphatic carbocycles. The molecule has 0 unspecified atom stereocenters. The third-order valence-corrected chi connectivity index (χ3v) is 5.14. The maximum absolute atomic E-state index is 12.1. The van der Waals surface area contributed by atoms with E-state index in [9.17, 15) is 27.6 Å². The molecular formula is C19H17N3O7S. The van der Waals surface area contributed by atoms with Crippen molar-refractivity contribution in [3.63, 3.8) is 0 Å². The van der Waals surface area contributed by atoms with Crippen molar-refractivity contribution in [1.82, 2.24) is 0 Å². The quantitative estimate of drug-likeness (QED) is 0.506. The number of amides is 3. The molecule has 0 aromatic heterocycles. The maximum atomic E-state index is 12.1. The maximum Gasteiger partial charge on any atom is 0.338 e. The SMILES string of the molecule is NS(=O)(=O)c1ccc(NC(=O)COC(=O)c2ccc(N3C(=O)CCC3=O)cc2)cc1. The minimum Gasteiger partial charge on any atom is -0.452 e. The zero-order valence-corrected chi connectivity index (χ0v) is 16.3. The highest BCUT2D eigenvalue weighted by atomic mass is 32.2. The Kier molecular flexibility index (Phi) is 5.94. The number of rotatable bonds is 6. The zero-order valence-electron chi connectivity index (χ0n) is 15.5. The summed E-state index contributed by atoms with van der Waals surface area (Å²) in [4.78, 5) is 48.4.